The van der Waals surface area contributed by atoms with Crippen molar-refractivity contribution >= 4 is 34.7 Å². The number of rotatable bonds is 5. The van der Waals surface area contributed by atoms with E-state index < -0.39 is 0 Å². The number of nitrogens with one attached hydrogen (secondary N) is 2. The second kappa shape index (κ2) is 7.51. The zero-order valence-electron chi connectivity index (χ0n) is 13.1. The Hall–Kier alpha value is -2.31. The van der Waals surface area contributed by atoms with Crippen molar-refractivity contribution in [1.82, 2.24) is 15.1 Å². The third-order valence-corrected chi connectivity index (χ3v) is 3.97. The first-order chi connectivity index (χ1) is 11.6. The number of aromatic nitrogens is 2. The van der Waals surface area contributed by atoms with Crippen LogP contribution in [0, 0.1) is 6.92 Å². The van der Waals surface area contributed by atoms with Crippen LogP contribution in [0.15, 0.2) is 53.1 Å². The highest BCUT2D eigenvalue weighted by atomic mass is 35.5. The van der Waals surface area contributed by atoms with Gasteiger partial charge in [-0.25, -0.2) is 0 Å². The SMILES string of the molecule is Cc1cc(NC(=S)NCc2ccco2)nn1Cc1ccc(Cl)cc1. The van der Waals surface area contributed by atoms with Crippen LogP contribution in [0.4, 0.5) is 5.82 Å². The molecule has 5 nitrogen and oxygen atoms in total. The third kappa shape index (κ3) is 4.37. The van der Waals surface area contributed by atoms with Gasteiger partial charge in [0, 0.05) is 16.8 Å². The maximum absolute atomic E-state index is 5.91. The average Bonchev–Trinajstić information content (AvgIpc) is 3.18. The van der Waals surface area contributed by atoms with Crippen molar-refractivity contribution < 1.29 is 4.42 Å². The molecule has 3 aromatic rings. The summed E-state index contributed by atoms with van der Waals surface area (Å²) in [6.45, 7) is 3.22. The van der Waals surface area contributed by atoms with Crippen molar-refractivity contribution in [3.05, 3.63) is 70.8 Å². The maximum Gasteiger partial charge on any atom is 0.172 e. The Bertz CT molecular complexity index is 812. The number of aryl methyl sites for hydroxylation is 1. The topological polar surface area (TPSA) is 55.0 Å². The van der Waals surface area contributed by atoms with E-state index in [-0.39, 0.29) is 0 Å². The van der Waals surface area contributed by atoms with E-state index in [4.69, 9.17) is 28.2 Å². The first-order valence-corrected chi connectivity index (χ1v) is 8.25. The molecule has 0 fully saturated rings. The molecule has 0 spiro atoms. The lowest BCUT2D eigenvalue weighted by Crippen LogP contribution is -2.27. The summed E-state index contributed by atoms with van der Waals surface area (Å²) >= 11 is 11.2. The lowest BCUT2D eigenvalue weighted by atomic mass is 10.2. The van der Waals surface area contributed by atoms with Gasteiger partial charge in [0.2, 0.25) is 0 Å². The minimum Gasteiger partial charge on any atom is -0.467 e. The fraction of sp³-hybridized carbons (Fsp3) is 0.176. The fourth-order valence-electron chi connectivity index (χ4n) is 2.24. The van der Waals surface area contributed by atoms with Gasteiger partial charge >= 0.3 is 0 Å². The summed E-state index contributed by atoms with van der Waals surface area (Å²) in [5.41, 5.74) is 2.18. The molecule has 3 rings (SSSR count). The molecule has 0 aliphatic heterocycles. The molecule has 2 aromatic heterocycles. The first-order valence-electron chi connectivity index (χ1n) is 7.46. The number of benzene rings is 1. The molecule has 0 bridgehead atoms. The Morgan fingerprint density at radius 2 is 2.08 bits per heavy atom. The van der Waals surface area contributed by atoms with Crippen molar-refractivity contribution in [1.29, 1.82) is 0 Å². The normalized spacial score (nSPS) is 10.6. The van der Waals surface area contributed by atoms with Crippen LogP contribution < -0.4 is 10.6 Å². The Balaban J connectivity index is 1.58. The molecule has 0 amide bonds. The average molecular weight is 361 g/mol. The highest BCUT2D eigenvalue weighted by Crippen LogP contribution is 2.14. The molecule has 0 aliphatic rings. The van der Waals surface area contributed by atoms with E-state index >= 15 is 0 Å². The summed E-state index contributed by atoms with van der Waals surface area (Å²) < 4.78 is 7.17. The van der Waals surface area contributed by atoms with Crippen molar-refractivity contribution in [2.24, 2.45) is 0 Å². The number of anilines is 1. The molecule has 7 heteroatoms. The van der Waals surface area contributed by atoms with Crippen LogP contribution in [0.5, 0.6) is 0 Å². The molecular weight excluding hydrogens is 344 g/mol. The molecule has 0 saturated heterocycles. The van der Waals surface area contributed by atoms with Gasteiger partial charge in [0.25, 0.3) is 0 Å². The number of thiocarbonyl (C=S) groups is 1. The Morgan fingerprint density at radius 3 is 2.79 bits per heavy atom. The molecule has 2 heterocycles. The van der Waals surface area contributed by atoms with Gasteiger partial charge in [-0.15, -0.1) is 0 Å². The number of furan rings is 1. The number of halogens is 1. The lowest BCUT2D eigenvalue weighted by molar-refractivity contribution is 0.503. The van der Waals surface area contributed by atoms with Gasteiger partial charge in [-0.1, -0.05) is 23.7 Å². The number of hydrogen-bond acceptors (Lipinski definition) is 3. The number of hydrogen-bond donors (Lipinski definition) is 2. The van der Waals surface area contributed by atoms with Crippen LogP contribution >= 0.6 is 23.8 Å². The summed E-state index contributed by atoms with van der Waals surface area (Å²) in [6.07, 6.45) is 1.63. The van der Waals surface area contributed by atoms with Crippen LogP contribution in [0.3, 0.4) is 0 Å². The van der Waals surface area contributed by atoms with E-state index in [1.165, 1.54) is 0 Å². The van der Waals surface area contributed by atoms with E-state index in [1.54, 1.807) is 6.26 Å². The predicted molar refractivity (Wildman–Crippen MR) is 99.3 cm³/mol. The van der Waals surface area contributed by atoms with Crippen LogP contribution in [0.2, 0.25) is 5.02 Å². The highest BCUT2D eigenvalue weighted by molar-refractivity contribution is 7.80. The molecule has 2 N–H and O–H groups in total. The quantitative estimate of drug-likeness (QED) is 0.674. The molecule has 0 atom stereocenters. The van der Waals surface area contributed by atoms with Crippen molar-refractivity contribution in [3.8, 4) is 0 Å². The fourth-order valence-corrected chi connectivity index (χ4v) is 2.54. The smallest absolute Gasteiger partial charge is 0.172 e. The Kier molecular flexibility index (Phi) is 5.17. The molecule has 0 unspecified atom stereocenters. The molecule has 0 aliphatic carbocycles. The summed E-state index contributed by atoms with van der Waals surface area (Å²) in [5.74, 6) is 1.53. The molecule has 0 radical (unpaired) electrons. The highest BCUT2D eigenvalue weighted by Gasteiger charge is 2.07. The van der Waals surface area contributed by atoms with Gasteiger partial charge in [0.1, 0.15) is 5.76 Å². The molecule has 24 heavy (non-hydrogen) atoms. The molecule has 1 aromatic carbocycles. The van der Waals surface area contributed by atoms with Crippen molar-refractivity contribution in [2.75, 3.05) is 5.32 Å². The maximum atomic E-state index is 5.91. The van der Waals surface area contributed by atoms with E-state index in [1.807, 2.05) is 54.1 Å². The van der Waals surface area contributed by atoms with E-state index in [2.05, 4.69) is 15.7 Å². The van der Waals surface area contributed by atoms with Crippen molar-refractivity contribution in [2.45, 2.75) is 20.0 Å². The van der Waals surface area contributed by atoms with Gasteiger partial charge in [0.05, 0.1) is 19.4 Å². The zero-order chi connectivity index (χ0) is 16.9. The minimum atomic E-state index is 0.502. The molecule has 124 valence electrons. The summed E-state index contributed by atoms with van der Waals surface area (Å²) in [6, 6.07) is 13.4. The van der Waals surface area contributed by atoms with E-state index in [0.29, 0.717) is 24.0 Å². The van der Waals surface area contributed by atoms with Crippen LogP contribution in [-0.4, -0.2) is 14.9 Å². The van der Waals surface area contributed by atoms with Gasteiger partial charge in [-0.2, -0.15) is 5.10 Å². The van der Waals surface area contributed by atoms with Gasteiger partial charge in [0.15, 0.2) is 10.9 Å². The second-order valence-electron chi connectivity index (χ2n) is 5.34. The minimum absolute atomic E-state index is 0.502. The van der Waals surface area contributed by atoms with Crippen LogP contribution in [0.1, 0.15) is 17.0 Å². The van der Waals surface area contributed by atoms with E-state index in [0.717, 1.165) is 22.0 Å². The third-order valence-electron chi connectivity index (χ3n) is 3.47. The monoisotopic (exact) mass is 360 g/mol. The second-order valence-corrected chi connectivity index (χ2v) is 6.19. The van der Waals surface area contributed by atoms with Gasteiger partial charge < -0.3 is 15.1 Å². The summed E-state index contributed by atoms with van der Waals surface area (Å²) in [4.78, 5) is 0. The van der Waals surface area contributed by atoms with E-state index in [9.17, 15) is 0 Å². The Labute approximate surface area is 150 Å². The molecule has 0 saturated carbocycles. The number of nitrogens with zero attached hydrogens (tertiary/aromatic N) is 2. The van der Waals surface area contributed by atoms with Crippen LogP contribution in [0.25, 0.3) is 0 Å². The summed E-state index contributed by atoms with van der Waals surface area (Å²) in [7, 11) is 0. The largest absolute Gasteiger partial charge is 0.467 e. The zero-order valence-corrected chi connectivity index (χ0v) is 14.7. The standard InChI is InChI=1S/C17H17ClN4OS/c1-12-9-16(20-17(24)19-10-15-3-2-8-23-15)21-22(12)11-13-4-6-14(18)7-5-13/h2-9H,10-11H2,1H3,(H2,19,20,21,24). The predicted octanol–water partition coefficient (Wildman–Crippen LogP) is 3.97. The summed E-state index contributed by atoms with van der Waals surface area (Å²) in [5, 5.41) is 11.9. The lowest BCUT2D eigenvalue weighted by Gasteiger charge is -2.07. The Morgan fingerprint density at radius 1 is 1.29 bits per heavy atom. The first kappa shape index (κ1) is 16.5. The van der Waals surface area contributed by atoms with Gasteiger partial charge in [-0.05, 0) is 49.0 Å². The van der Waals surface area contributed by atoms with Crippen molar-refractivity contribution in [3.63, 3.8) is 0 Å². The molecular formula is C17H17ClN4OS. The van der Waals surface area contributed by atoms with Crippen LogP contribution in [-0.2, 0) is 13.1 Å². The van der Waals surface area contributed by atoms with Gasteiger partial charge in [-0.3, -0.25) is 4.68 Å².